The minimum atomic E-state index is -1.24. The zero-order chi connectivity index (χ0) is 37.4. The highest BCUT2D eigenvalue weighted by Gasteiger charge is 2.42. The van der Waals surface area contributed by atoms with Gasteiger partial charge in [0, 0.05) is 42.9 Å². The first-order valence-corrected chi connectivity index (χ1v) is 18.9. The van der Waals surface area contributed by atoms with Crippen molar-refractivity contribution in [2.24, 2.45) is 0 Å². The third-order valence-electron chi connectivity index (χ3n) is 10.3. The summed E-state index contributed by atoms with van der Waals surface area (Å²) in [6.07, 6.45) is 2.06. The fourth-order valence-corrected chi connectivity index (χ4v) is 8.85. The second-order valence-electron chi connectivity index (χ2n) is 13.5. The lowest BCUT2D eigenvalue weighted by Gasteiger charge is -2.28. The number of nitrogens with zero attached hydrogens (tertiary/aromatic N) is 3. The van der Waals surface area contributed by atoms with Gasteiger partial charge in [0.05, 0.1) is 34.6 Å². The maximum absolute atomic E-state index is 13.9. The molecule has 264 valence electrons. The van der Waals surface area contributed by atoms with Gasteiger partial charge in [-0.15, -0.1) is 11.8 Å². The number of rotatable bonds is 8. The Hall–Kier alpha value is -5.97. The average molecular weight is 750 g/mol. The number of benzene rings is 5. The SMILES string of the molecule is CCCCSc1ccc2c(c1)C(=O)C(c1ccc3c(CN4C(=O)c5cccc6cccc(c56)C4=O)ccc(N4C(=O)c5ccc(Cl)cc5C4=O)c3n1)C2=O. The molecule has 3 aliphatic rings. The van der Waals surface area contributed by atoms with Crippen molar-refractivity contribution in [1.82, 2.24) is 9.88 Å². The first kappa shape index (κ1) is 33.8. The second-order valence-corrected chi connectivity index (χ2v) is 15.1. The summed E-state index contributed by atoms with van der Waals surface area (Å²) in [6.45, 7) is 1.96. The fourth-order valence-electron chi connectivity index (χ4n) is 7.65. The van der Waals surface area contributed by atoms with E-state index in [-0.39, 0.29) is 45.4 Å². The van der Waals surface area contributed by atoms with Crippen LogP contribution in [0.4, 0.5) is 5.69 Å². The third-order valence-corrected chi connectivity index (χ3v) is 11.6. The molecule has 9 nitrogen and oxygen atoms in total. The number of imide groups is 2. The molecule has 54 heavy (non-hydrogen) atoms. The number of pyridine rings is 1. The summed E-state index contributed by atoms with van der Waals surface area (Å²) in [4.78, 5) is 91.1. The number of unbranched alkanes of at least 4 members (excludes halogenated alkanes) is 1. The number of aromatic nitrogens is 1. The molecule has 1 aromatic heterocycles. The van der Waals surface area contributed by atoms with Gasteiger partial charge in [-0.1, -0.05) is 61.3 Å². The molecular formula is C43H28ClN3O6S. The first-order chi connectivity index (χ1) is 26.2. The largest absolute Gasteiger partial charge is 0.293 e. The highest BCUT2D eigenvalue weighted by Crippen LogP contribution is 2.40. The Labute approximate surface area is 317 Å². The Morgan fingerprint density at radius 2 is 1.39 bits per heavy atom. The fraction of sp³-hybridized carbons (Fsp3) is 0.140. The van der Waals surface area contributed by atoms with E-state index in [1.807, 2.05) is 18.2 Å². The molecule has 6 aromatic rings. The molecule has 0 fully saturated rings. The van der Waals surface area contributed by atoms with Gasteiger partial charge < -0.3 is 0 Å². The zero-order valence-electron chi connectivity index (χ0n) is 28.7. The van der Waals surface area contributed by atoms with E-state index in [4.69, 9.17) is 16.6 Å². The predicted molar refractivity (Wildman–Crippen MR) is 206 cm³/mol. The van der Waals surface area contributed by atoms with Crippen LogP contribution in [0.5, 0.6) is 0 Å². The number of carbonyl (C=O) groups is 6. The van der Waals surface area contributed by atoms with Gasteiger partial charge >= 0.3 is 0 Å². The highest BCUT2D eigenvalue weighted by molar-refractivity contribution is 7.99. The molecule has 9 rings (SSSR count). The van der Waals surface area contributed by atoms with Crippen molar-refractivity contribution in [3.8, 4) is 0 Å². The number of carbonyl (C=O) groups excluding carboxylic acids is 6. The molecule has 0 saturated carbocycles. The monoisotopic (exact) mass is 749 g/mol. The van der Waals surface area contributed by atoms with Crippen LogP contribution >= 0.6 is 23.4 Å². The van der Waals surface area contributed by atoms with E-state index >= 15 is 0 Å². The number of fused-ring (bicyclic) bond motifs is 3. The minimum absolute atomic E-state index is 0.120. The summed E-state index contributed by atoms with van der Waals surface area (Å²) in [7, 11) is 0. The number of thioether (sulfide) groups is 1. The van der Waals surface area contributed by atoms with Crippen molar-refractivity contribution in [1.29, 1.82) is 0 Å². The smallest absolute Gasteiger partial charge is 0.266 e. The lowest BCUT2D eigenvalue weighted by atomic mass is 9.93. The van der Waals surface area contributed by atoms with Gasteiger partial charge in [-0.05, 0) is 83.8 Å². The van der Waals surface area contributed by atoms with E-state index < -0.39 is 35.3 Å². The molecule has 11 heteroatoms. The Kier molecular flexibility index (Phi) is 8.06. The number of anilines is 1. The summed E-state index contributed by atoms with van der Waals surface area (Å²) in [6, 6.07) is 26.8. The van der Waals surface area contributed by atoms with Gasteiger partial charge in [-0.3, -0.25) is 33.7 Å². The minimum Gasteiger partial charge on any atom is -0.293 e. The van der Waals surface area contributed by atoms with Crippen LogP contribution in [-0.4, -0.2) is 50.8 Å². The predicted octanol–water partition coefficient (Wildman–Crippen LogP) is 8.69. The van der Waals surface area contributed by atoms with Crippen molar-refractivity contribution in [2.75, 3.05) is 10.7 Å². The normalized spacial score (nSPS) is 16.3. The summed E-state index contributed by atoms with van der Waals surface area (Å²) in [5, 5.41) is 2.09. The van der Waals surface area contributed by atoms with Gasteiger partial charge in [0.1, 0.15) is 5.92 Å². The van der Waals surface area contributed by atoms with Crippen LogP contribution < -0.4 is 4.90 Å². The molecule has 3 heterocycles. The van der Waals surface area contributed by atoms with Crippen LogP contribution in [0.3, 0.4) is 0 Å². The Morgan fingerprint density at radius 3 is 2.13 bits per heavy atom. The van der Waals surface area contributed by atoms with Crippen LogP contribution in [0.2, 0.25) is 5.02 Å². The van der Waals surface area contributed by atoms with Crippen LogP contribution in [0, 0.1) is 0 Å². The lowest BCUT2D eigenvalue weighted by molar-refractivity contribution is 0.0597. The summed E-state index contributed by atoms with van der Waals surface area (Å²) < 4.78 is 0. The van der Waals surface area contributed by atoms with E-state index in [0.29, 0.717) is 38.6 Å². The summed E-state index contributed by atoms with van der Waals surface area (Å²) in [5.41, 5.74) is 2.66. The van der Waals surface area contributed by atoms with Crippen LogP contribution in [-0.2, 0) is 6.54 Å². The maximum Gasteiger partial charge on any atom is 0.266 e. The van der Waals surface area contributed by atoms with Crippen LogP contribution in [0.1, 0.15) is 99.1 Å². The first-order valence-electron chi connectivity index (χ1n) is 17.5. The van der Waals surface area contributed by atoms with E-state index in [1.165, 1.54) is 29.2 Å². The Morgan fingerprint density at radius 1 is 0.685 bits per heavy atom. The molecule has 0 bridgehead atoms. The standard InChI is InChI=1S/C43H28ClN3O6S/c1-2-3-18-54-25-12-14-27-31(20-25)39(49)36(38(27)48)33-16-15-26-23(21-46-40(50)29-8-4-6-22-7-5-9-30(35(22)29)41(46)51)10-17-34(37(26)45-33)47-42(52)28-13-11-24(44)19-32(28)43(47)53/h4-17,19-20,36H,2-3,18,21H2,1H3. The van der Waals surface area contributed by atoms with Crippen molar-refractivity contribution in [2.45, 2.75) is 37.1 Å². The molecule has 0 spiro atoms. The van der Waals surface area contributed by atoms with Gasteiger partial charge in [0.15, 0.2) is 11.6 Å². The summed E-state index contributed by atoms with van der Waals surface area (Å²) in [5.74, 6) is -3.25. The highest BCUT2D eigenvalue weighted by atomic mass is 35.5. The maximum atomic E-state index is 13.9. The topological polar surface area (TPSA) is 122 Å². The van der Waals surface area contributed by atoms with Gasteiger partial charge in [-0.25, -0.2) is 9.88 Å². The molecule has 0 N–H and O–H groups in total. The van der Waals surface area contributed by atoms with E-state index in [1.54, 1.807) is 66.4 Å². The van der Waals surface area contributed by atoms with Gasteiger partial charge in [0.25, 0.3) is 23.6 Å². The number of ketones is 2. The molecule has 4 amide bonds. The molecule has 2 aliphatic heterocycles. The second kappa shape index (κ2) is 12.9. The molecular weight excluding hydrogens is 722 g/mol. The molecule has 0 radical (unpaired) electrons. The Bertz CT molecular complexity index is 2680. The lowest BCUT2D eigenvalue weighted by Crippen LogP contribution is -2.39. The molecule has 5 aromatic carbocycles. The number of hydrogen-bond donors (Lipinski definition) is 0. The van der Waals surface area contributed by atoms with E-state index in [2.05, 4.69) is 6.92 Å². The van der Waals surface area contributed by atoms with Crippen molar-refractivity contribution < 1.29 is 28.8 Å². The van der Waals surface area contributed by atoms with Crippen molar-refractivity contribution in [3.05, 3.63) is 147 Å². The molecule has 1 atom stereocenters. The van der Waals surface area contributed by atoms with E-state index in [0.717, 1.165) is 33.8 Å². The number of Topliss-reactive ketones (excluding diaryl/α,β-unsaturated/α-hetero) is 2. The van der Waals surface area contributed by atoms with Crippen LogP contribution in [0.15, 0.2) is 102 Å². The van der Waals surface area contributed by atoms with E-state index in [9.17, 15) is 28.8 Å². The van der Waals surface area contributed by atoms with Crippen molar-refractivity contribution in [3.63, 3.8) is 0 Å². The summed E-state index contributed by atoms with van der Waals surface area (Å²) >= 11 is 7.83. The molecule has 1 aliphatic carbocycles. The quantitative estimate of drug-likeness (QED) is 0.0656. The average Bonchev–Trinajstić information content (AvgIpc) is 3.57. The van der Waals surface area contributed by atoms with Crippen molar-refractivity contribution >= 4 is 85.9 Å². The van der Waals surface area contributed by atoms with Gasteiger partial charge in [-0.2, -0.15) is 0 Å². The third kappa shape index (κ3) is 5.12. The number of hydrogen-bond acceptors (Lipinski definition) is 8. The zero-order valence-corrected chi connectivity index (χ0v) is 30.3. The molecule has 0 saturated heterocycles. The Balaban J connectivity index is 1.15. The molecule has 1 unspecified atom stereocenters. The number of halogens is 1. The van der Waals surface area contributed by atoms with Gasteiger partial charge in [0.2, 0.25) is 0 Å². The van der Waals surface area contributed by atoms with Crippen LogP contribution in [0.25, 0.3) is 21.7 Å². The number of amides is 4.